The van der Waals surface area contributed by atoms with Crippen LogP contribution in [0.25, 0.3) is 0 Å². The number of esters is 3. The van der Waals surface area contributed by atoms with Crippen LogP contribution in [0, 0.1) is 11.6 Å². The van der Waals surface area contributed by atoms with Gasteiger partial charge in [-0.15, -0.1) is 0 Å². The van der Waals surface area contributed by atoms with Crippen molar-refractivity contribution in [2.24, 2.45) is 25.0 Å². The number of anilines is 5. The Hall–Kier alpha value is -13.6. The lowest BCUT2D eigenvalue weighted by Gasteiger charge is -2.31. The number of methoxy groups -OCH3 is 1. The van der Waals surface area contributed by atoms with Crippen molar-refractivity contribution in [3.05, 3.63) is 343 Å². The third kappa shape index (κ3) is 29.2. The number of carbonyl (C=O) groups is 5. The number of ketones is 2. The van der Waals surface area contributed by atoms with Crippen LogP contribution in [0.15, 0.2) is 278 Å². The lowest BCUT2D eigenvalue weighted by molar-refractivity contribution is -0.145. The summed E-state index contributed by atoms with van der Waals surface area (Å²) in [6.45, 7) is 9.28. The van der Waals surface area contributed by atoms with Crippen LogP contribution in [0.1, 0.15) is 136 Å². The smallest absolute Gasteiger partial charge is 0.310 e. The van der Waals surface area contributed by atoms with Gasteiger partial charge >= 0.3 is 17.9 Å². The van der Waals surface area contributed by atoms with Crippen LogP contribution < -0.4 is 29.2 Å². The predicted molar refractivity (Wildman–Crippen MR) is 535 cm³/mol. The number of sulfone groups is 1. The van der Waals surface area contributed by atoms with Crippen LogP contribution in [0.2, 0.25) is 0 Å². The number of aliphatic imine (C=N–C) groups is 5. The molecule has 0 saturated carbocycles. The largest absolute Gasteiger partial charge is 0.497 e. The maximum Gasteiger partial charge on any atom is 0.310 e. The first-order valence-corrected chi connectivity index (χ1v) is 49.1. The van der Waals surface area contributed by atoms with Crippen molar-refractivity contribution < 1.29 is 60.1 Å². The average Bonchev–Trinajstić information content (AvgIpc) is 1.60. The van der Waals surface area contributed by atoms with Gasteiger partial charge in [0.1, 0.15) is 48.8 Å². The molecule has 0 aliphatic carbocycles. The molecular weight excluding hydrogens is 1720 g/mol. The summed E-state index contributed by atoms with van der Waals surface area (Å²) in [4.78, 5) is 95.3. The van der Waals surface area contributed by atoms with Crippen LogP contribution in [-0.2, 0) is 138 Å². The number of fused-ring (bicyclic) bond motifs is 5. The van der Waals surface area contributed by atoms with E-state index in [-0.39, 0.29) is 74.2 Å². The summed E-state index contributed by atoms with van der Waals surface area (Å²) in [6, 6.07) is 61.5. The molecule has 698 valence electrons. The zero-order chi connectivity index (χ0) is 93.7. The molecule has 9 aromatic carbocycles. The molecule has 0 unspecified atom stereocenters. The second kappa shape index (κ2) is 47.8. The fourth-order valence-electron chi connectivity index (χ4n) is 18.0. The highest BCUT2D eigenvalue weighted by Crippen LogP contribution is 2.37. The predicted octanol–water partition coefficient (Wildman–Crippen LogP) is 18.3. The third-order valence-corrected chi connectivity index (χ3v) is 25.9. The van der Waals surface area contributed by atoms with Crippen molar-refractivity contribution in [1.82, 2.24) is 0 Å². The molecule has 135 heavy (non-hydrogen) atoms. The first-order chi connectivity index (χ1) is 65.7. The van der Waals surface area contributed by atoms with Gasteiger partial charge in [-0.1, -0.05) is 158 Å². The van der Waals surface area contributed by atoms with Crippen LogP contribution in [-0.4, -0.2) is 160 Å². The van der Waals surface area contributed by atoms with E-state index in [1.165, 1.54) is 80.4 Å². The molecule has 0 saturated heterocycles. The van der Waals surface area contributed by atoms with E-state index in [4.69, 9.17) is 18.9 Å². The second-order valence-electron chi connectivity index (χ2n) is 35.3. The second-order valence-corrected chi connectivity index (χ2v) is 37.6. The van der Waals surface area contributed by atoms with Gasteiger partial charge in [0.15, 0.2) is 9.84 Å². The fourth-order valence-corrected chi connectivity index (χ4v) is 18.4. The third-order valence-electron chi connectivity index (χ3n) is 25.0. The number of allylic oxidation sites excluding steroid dienone is 5. The Morgan fingerprint density at radius 1 is 0.341 bits per heavy atom. The van der Waals surface area contributed by atoms with Crippen molar-refractivity contribution in [2.75, 3.05) is 116 Å². The number of Topliss-reactive ketones (excluding diaryl/α,β-unsaturated/α-hetero) is 2. The topological polar surface area (TPSA) is 234 Å². The first kappa shape index (κ1) is 96.0. The zero-order valence-corrected chi connectivity index (χ0v) is 77.9. The van der Waals surface area contributed by atoms with Gasteiger partial charge in [-0.2, -0.15) is 0 Å². The van der Waals surface area contributed by atoms with Gasteiger partial charge in [0.25, 0.3) is 0 Å². The van der Waals surface area contributed by atoms with Crippen LogP contribution in [0.4, 0.5) is 37.2 Å². The maximum absolute atomic E-state index is 13.2. The number of aryl methyl sites for hydroxylation is 4. The summed E-state index contributed by atoms with van der Waals surface area (Å²) in [6.07, 6.45) is 38.4. The Balaban J connectivity index is 0.000000129. The first-order valence-electron chi connectivity index (χ1n) is 47.0. The van der Waals surface area contributed by atoms with E-state index in [9.17, 15) is 41.2 Å². The van der Waals surface area contributed by atoms with Crippen LogP contribution in [0.5, 0.6) is 5.75 Å². The van der Waals surface area contributed by atoms with E-state index in [0.29, 0.717) is 37.0 Å². The lowest BCUT2D eigenvalue weighted by atomic mass is 9.98. The Morgan fingerprint density at radius 2 is 0.689 bits per heavy atom. The summed E-state index contributed by atoms with van der Waals surface area (Å²) in [5.41, 5.74) is 27.0. The fraction of sp³-hybridized carbons (Fsp3) is 0.333. The summed E-state index contributed by atoms with van der Waals surface area (Å²) in [7, 11) is -1.48. The number of rotatable bonds is 33. The summed E-state index contributed by atoms with van der Waals surface area (Å²) in [5.74, 6) is -0.422. The number of halogens is 2. The van der Waals surface area contributed by atoms with Crippen molar-refractivity contribution in [3.63, 3.8) is 0 Å². The van der Waals surface area contributed by atoms with E-state index in [1.807, 2.05) is 97.8 Å². The number of hydrogen-bond donors (Lipinski definition) is 0. The summed E-state index contributed by atoms with van der Waals surface area (Å²) < 4.78 is 69.2. The Morgan fingerprint density at radius 3 is 1.07 bits per heavy atom. The molecule has 0 spiro atoms. The number of carbonyl (C=O) groups excluding carboxylic acids is 5. The molecule has 24 heteroatoms. The van der Waals surface area contributed by atoms with Crippen molar-refractivity contribution >= 4 is 98.8 Å². The molecule has 0 amide bonds. The molecule has 10 heterocycles. The lowest BCUT2D eigenvalue weighted by Crippen LogP contribution is -2.31. The van der Waals surface area contributed by atoms with Gasteiger partial charge in [0.2, 0.25) is 0 Å². The SMILES string of the molecule is COc1ccc(CC(=O)Cc2ccc3c(c2)N(CC2=CCC=N2)CC3)cc1.CS(=O)(=O)CCOC(=O)Cc1ccc2c(c1)N(CC1=CCC=N1)CCC2.O=C(CCc1ccccc1)Cc1ccc2c(c1)N(CC1=CCC=N1)CC2.O=C(Cc1ccc2c(c1)N(CC1=CCC=N1)CCC2)OCc1ccc(F)cc1.O=C(Cc1ccc2c(c1)N(CC1=CCC=N1)CCC2)OCc1cccc(F)c1. The number of benzene rings is 9. The quantitative estimate of drug-likeness (QED) is 0.0275. The highest BCUT2D eigenvalue weighted by molar-refractivity contribution is 7.90. The maximum atomic E-state index is 13.2. The van der Waals surface area contributed by atoms with Crippen LogP contribution >= 0.6 is 0 Å². The number of nitrogens with zero attached hydrogens (tertiary/aromatic N) is 10. The molecule has 19 rings (SSSR count). The highest BCUT2D eigenvalue weighted by Gasteiger charge is 2.28. The molecule has 0 N–H and O–H groups in total. The van der Waals surface area contributed by atoms with Gasteiger partial charge < -0.3 is 43.4 Å². The van der Waals surface area contributed by atoms with Gasteiger partial charge in [-0.3, -0.25) is 48.9 Å². The Bertz CT molecular complexity index is 6180. The van der Waals surface area contributed by atoms with E-state index in [1.54, 1.807) is 31.4 Å². The molecule has 0 aromatic heterocycles. The minimum Gasteiger partial charge on any atom is -0.497 e. The minimum absolute atomic E-state index is 0.0832. The zero-order valence-electron chi connectivity index (χ0n) is 77.1. The summed E-state index contributed by atoms with van der Waals surface area (Å²) >= 11 is 0. The molecule has 0 fully saturated rings. The van der Waals surface area contributed by atoms with Gasteiger partial charge in [0, 0.05) is 156 Å². The van der Waals surface area contributed by atoms with E-state index in [0.717, 1.165) is 240 Å². The molecule has 9 aromatic rings. The normalized spacial score (nSPS) is 15.4. The average molecular weight is 1840 g/mol. The van der Waals surface area contributed by atoms with E-state index in [2.05, 4.69) is 159 Å². The summed E-state index contributed by atoms with van der Waals surface area (Å²) in [5, 5.41) is 0. The molecule has 10 aliphatic heterocycles. The van der Waals surface area contributed by atoms with E-state index >= 15 is 0 Å². The highest BCUT2D eigenvalue weighted by atomic mass is 32.2. The van der Waals surface area contributed by atoms with Crippen molar-refractivity contribution in [1.29, 1.82) is 0 Å². The van der Waals surface area contributed by atoms with Gasteiger partial charge in [0.05, 0.1) is 93.3 Å². The number of ether oxygens (including phenoxy) is 4. The van der Waals surface area contributed by atoms with Crippen molar-refractivity contribution in [3.8, 4) is 5.75 Å². The molecule has 0 atom stereocenters. The Labute approximate surface area is 791 Å². The van der Waals surface area contributed by atoms with Crippen molar-refractivity contribution in [2.45, 2.75) is 148 Å². The number of hydrogen-bond acceptors (Lipinski definition) is 21. The monoisotopic (exact) mass is 1840 g/mol. The van der Waals surface area contributed by atoms with Gasteiger partial charge in [-0.25, -0.2) is 17.2 Å². The molecule has 0 bridgehead atoms. The molecule has 0 radical (unpaired) electrons. The van der Waals surface area contributed by atoms with Crippen LogP contribution in [0.3, 0.4) is 0 Å². The molecule has 10 aliphatic rings. The molecule has 21 nitrogen and oxygen atoms in total. The Kier molecular flexibility index (Phi) is 34.0. The standard InChI is InChI=1S/2C23H23FN2O2.C23H24N2O2.C23H24N2O.C19H24N2O4S/c24-20-6-1-4-18(12-20)16-28-23(27)14-17-8-9-19-5-3-11-26(22(19)13-17)15-21-7-2-10-25-21;24-20-9-6-17(7-10-20)16-28-23(27)14-18-5-8-19-3-2-12-26(22(19)13-18)15-21-4-1-11-25-21;1-27-22-8-5-17(6-9-22)13-21(26)14-18-4-7-19-10-12-25(23(19)15-18)16-20-3-2-11-24-20;26-22(11-9-18-5-2-1-3-6-18)15-19-8-10-20-12-14-25(23(20)16-19)17-21-7-4-13-24-21;1-26(23,24)11-10-25-19(22)13-15-6-7-16-4-3-9-21(18(16)12-15)14-17-5-2-8-20-17/h1,4,6-10,12-13H,2-3,5,11,14-16H2;4-11,13H,1-3,12,14-16H2;3-9,11,15H,2,10,12-14,16H2,1H3;1-3,5-8,10,13,16H,4,9,11-12,14-15,17H2;5-8,12H,2-4,9-11,13-14H2,1H3. The minimum atomic E-state index is -3.12. The van der Waals surface area contributed by atoms with Gasteiger partial charge in [-0.05, 0) is 202 Å². The van der Waals surface area contributed by atoms with E-state index < -0.39 is 15.8 Å². The molecular formula is C111H118F2N10O11S.